The van der Waals surface area contributed by atoms with E-state index in [0.29, 0.717) is 28.2 Å². The number of fused-ring (bicyclic) bond motifs is 1. The fourth-order valence-electron chi connectivity index (χ4n) is 3.79. The number of rotatable bonds is 4. The Kier molecular flexibility index (Phi) is 4.81. The van der Waals surface area contributed by atoms with Crippen molar-refractivity contribution < 1.29 is 5.11 Å². The second kappa shape index (κ2) is 7.78. The number of nitrogens with one attached hydrogen (secondary N) is 1. The Balaban J connectivity index is 1.75. The Morgan fingerprint density at radius 3 is 2.35 bits per heavy atom. The van der Waals surface area contributed by atoms with Crippen LogP contribution in [-0.4, -0.2) is 19.7 Å². The molecule has 6 heteroatoms. The molecule has 5 aromatic rings. The molecule has 0 atom stereocenters. The second-order valence-corrected chi connectivity index (χ2v) is 7.71. The van der Waals surface area contributed by atoms with Crippen LogP contribution in [0.3, 0.4) is 0 Å². The topological polar surface area (TPSA) is 70.4 Å². The molecule has 5 rings (SSSR count). The minimum absolute atomic E-state index is 0.0435. The zero-order chi connectivity index (χ0) is 21.4. The summed E-state index contributed by atoms with van der Waals surface area (Å²) in [4.78, 5) is 16.6. The fraction of sp³-hybridized carbons (Fsp3) is 0.0400. The Hall–Kier alpha value is -3.83. The van der Waals surface area contributed by atoms with Crippen molar-refractivity contribution in [1.82, 2.24) is 14.6 Å². The first-order chi connectivity index (χ1) is 15.1. The normalized spacial score (nSPS) is 11.1. The number of hydrogen-bond acceptors (Lipinski definition) is 3. The average Bonchev–Trinajstić information content (AvgIpc) is 3.15. The number of halogens is 1. The SMILES string of the molecule is O=c1c(-c2ccccc2O)c[nH]c2c(-c3ccc(Cl)cc3)c(Cc3ccccc3)nn12. The molecule has 0 saturated carbocycles. The number of phenolic OH excluding ortho intramolecular Hbond substituents is 1. The molecule has 0 bridgehead atoms. The third kappa shape index (κ3) is 3.49. The van der Waals surface area contributed by atoms with Gasteiger partial charge in [-0.3, -0.25) is 4.79 Å². The number of nitrogens with zero attached hydrogens (tertiary/aromatic N) is 2. The molecule has 0 saturated heterocycles. The molecular weight excluding hydrogens is 410 g/mol. The van der Waals surface area contributed by atoms with Gasteiger partial charge in [-0.1, -0.05) is 72.3 Å². The molecule has 0 fully saturated rings. The largest absolute Gasteiger partial charge is 0.507 e. The smallest absolute Gasteiger partial charge is 0.282 e. The monoisotopic (exact) mass is 427 g/mol. The van der Waals surface area contributed by atoms with E-state index in [2.05, 4.69) is 10.1 Å². The molecule has 0 amide bonds. The quantitative estimate of drug-likeness (QED) is 0.408. The molecule has 3 aromatic carbocycles. The standard InChI is InChI=1S/C25H18ClN3O2/c26-18-12-10-17(11-13-18)23-21(14-16-6-2-1-3-7-16)28-29-24(23)27-15-20(25(29)31)19-8-4-5-9-22(19)30/h1-13,15,27,30H,14H2. The molecule has 0 aliphatic carbocycles. The molecule has 31 heavy (non-hydrogen) atoms. The first-order valence-electron chi connectivity index (χ1n) is 9.83. The minimum Gasteiger partial charge on any atom is -0.507 e. The van der Waals surface area contributed by atoms with E-state index in [9.17, 15) is 9.90 Å². The van der Waals surface area contributed by atoms with Crippen molar-refractivity contribution in [2.24, 2.45) is 0 Å². The maximum Gasteiger partial charge on any atom is 0.282 e. The van der Waals surface area contributed by atoms with Gasteiger partial charge >= 0.3 is 0 Å². The van der Waals surface area contributed by atoms with Crippen molar-refractivity contribution >= 4 is 17.2 Å². The van der Waals surface area contributed by atoms with Crippen molar-refractivity contribution in [3.8, 4) is 28.0 Å². The molecule has 5 nitrogen and oxygen atoms in total. The highest BCUT2D eigenvalue weighted by Crippen LogP contribution is 2.31. The lowest BCUT2D eigenvalue weighted by atomic mass is 10.0. The van der Waals surface area contributed by atoms with Crippen LogP contribution >= 0.6 is 11.6 Å². The summed E-state index contributed by atoms with van der Waals surface area (Å²) in [5, 5.41) is 15.5. The van der Waals surface area contributed by atoms with Gasteiger partial charge in [0.25, 0.3) is 5.56 Å². The van der Waals surface area contributed by atoms with Crippen LogP contribution in [0.15, 0.2) is 89.9 Å². The van der Waals surface area contributed by atoms with E-state index in [0.717, 1.165) is 22.4 Å². The molecule has 0 aliphatic heterocycles. The van der Waals surface area contributed by atoms with E-state index in [1.807, 2.05) is 54.6 Å². The predicted molar refractivity (Wildman–Crippen MR) is 123 cm³/mol. The van der Waals surface area contributed by atoms with Gasteiger partial charge in [-0.15, -0.1) is 0 Å². The van der Waals surface area contributed by atoms with Gasteiger partial charge in [0.05, 0.1) is 11.3 Å². The van der Waals surface area contributed by atoms with Crippen LogP contribution in [-0.2, 0) is 6.42 Å². The van der Waals surface area contributed by atoms with Crippen molar-refractivity contribution in [1.29, 1.82) is 0 Å². The van der Waals surface area contributed by atoms with Crippen LogP contribution in [0.4, 0.5) is 0 Å². The van der Waals surface area contributed by atoms with Gasteiger partial charge in [0.15, 0.2) is 0 Å². The van der Waals surface area contributed by atoms with Crippen LogP contribution in [0, 0.1) is 0 Å². The van der Waals surface area contributed by atoms with Gasteiger partial charge < -0.3 is 10.1 Å². The van der Waals surface area contributed by atoms with Gasteiger partial charge in [0.2, 0.25) is 0 Å². The van der Waals surface area contributed by atoms with Gasteiger partial charge in [-0.2, -0.15) is 9.61 Å². The van der Waals surface area contributed by atoms with Crippen LogP contribution in [0.5, 0.6) is 5.75 Å². The average molecular weight is 428 g/mol. The summed E-state index contributed by atoms with van der Waals surface area (Å²) in [6, 6.07) is 24.2. The number of aromatic nitrogens is 3. The van der Waals surface area contributed by atoms with E-state index in [1.54, 1.807) is 30.5 Å². The van der Waals surface area contributed by atoms with E-state index in [1.165, 1.54) is 4.52 Å². The fourth-order valence-corrected chi connectivity index (χ4v) is 3.91. The first-order valence-corrected chi connectivity index (χ1v) is 10.2. The molecular formula is C25H18ClN3O2. The first kappa shape index (κ1) is 19.2. The minimum atomic E-state index is -0.301. The number of phenols is 1. The van der Waals surface area contributed by atoms with Gasteiger partial charge in [0, 0.05) is 28.8 Å². The van der Waals surface area contributed by atoms with Crippen LogP contribution in [0.2, 0.25) is 5.02 Å². The molecule has 0 unspecified atom stereocenters. The molecule has 152 valence electrons. The summed E-state index contributed by atoms with van der Waals surface area (Å²) in [6.07, 6.45) is 2.19. The molecule has 2 heterocycles. The lowest BCUT2D eigenvalue weighted by Gasteiger charge is -2.06. The second-order valence-electron chi connectivity index (χ2n) is 7.28. The van der Waals surface area contributed by atoms with E-state index >= 15 is 0 Å². The summed E-state index contributed by atoms with van der Waals surface area (Å²) < 4.78 is 1.38. The molecule has 0 radical (unpaired) electrons. The molecule has 2 aromatic heterocycles. The number of aromatic amines is 1. The zero-order valence-electron chi connectivity index (χ0n) is 16.4. The summed E-state index contributed by atoms with van der Waals surface area (Å²) in [5.74, 6) is 0.0435. The Morgan fingerprint density at radius 2 is 1.61 bits per heavy atom. The summed E-state index contributed by atoms with van der Waals surface area (Å²) in [5.41, 5.74) is 4.73. The summed E-state index contributed by atoms with van der Waals surface area (Å²) >= 11 is 6.09. The van der Waals surface area contributed by atoms with Crippen LogP contribution < -0.4 is 5.56 Å². The summed E-state index contributed by atoms with van der Waals surface area (Å²) in [7, 11) is 0. The highest BCUT2D eigenvalue weighted by molar-refractivity contribution is 6.30. The lowest BCUT2D eigenvalue weighted by molar-refractivity contribution is 0.477. The van der Waals surface area contributed by atoms with Crippen molar-refractivity contribution in [3.05, 3.63) is 112 Å². The Bertz CT molecular complexity index is 1440. The molecule has 0 aliphatic rings. The van der Waals surface area contributed by atoms with Crippen LogP contribution in [0.25, 0.3) is 27.9 Å². The molecule has 2 N–H and O–H groups in total. The van der Waals surface area contributed by atoms with Crippen LogP contribution in [0.1, 0.15) is 11.3 Å². The number of para-hydroxylation sites is 1. The Morgan fingerprint density at radius 1 is 0.903 bits per heavy atom. The van der Waals surface area contributed by atoms with Crippen molar-refractivity contribution in [2.75, 3.05) is 0 Å². The number of aromatic hydroxyl groups is 1. The van der Waals surface area contributed by atoms with E-state index in [-0.39, 0.29) is 11.3 Å². The van der Waals surface area contributed by atoms with Gasteiger partial charge in [-0.25, -0.2) is 0 Å². The predicted octanol–water partition coefficient (Wildman–Crippen LogP) is 5.31. The van der Waals surface area contributed by atoms with E-state index in [4.69, 9.17) is 11.6 Å². The zero-order valence-corrected chi connectivity index (χ0v) is 17.2. The summed E-state index contributed by atoms with van der Waals surface area (Å²) in [6.45, 7) is 0. The maximum absolute atomic E-state index is 13.3. The third-order valence-electron chi connectivity index (χ3n) is 5.28. The maximum atomic E-state index is 13.3. The number of benzene rings is 3. The lowest BCUT2D eigenvalue weighted by Crippen LogP contribution is -2.17. The van der Waals surface area contributed by atoms with Crippen molar-refractivity contribution in [2.45, 2.75) is 6.42 Å². The van der Waals surface area contributed by atoms with Gasteiger partial charge in [0.1, 0.15) is 11.4 Å². The Labute approximate surface area is 183 Å². The third-order valence-corrected chi connectivity index (χ3v) is 5.53. The number of hydrogen-bond donors (Lipinski definition) is 2. The molecule has 0 spiro atoms. The highest BCUT2D eigenvalue weighted by Gasteiger charge is 2.19. The number of H-pyrrole nitrogens is 1. The van der Waals surface area contributed by atoms with Gasteiger partial charge in [-0.05, 0) is 29.3 Å². The van der Waals surface area contributed by atoms with E-state index < -0.39 is 0 Å². The van der Waals surface area contributed by atoms with Crippen molar-refractivity contribution in [3.63, 3.8) is 0 Å². The highest BCUT2D eigenvalue weighted by atomic mass is 35.5.